The summed E-state index contributed by atoms with van der Waals surface area (Å²) >= 11 is 0. The van der Waals surface area contributed by atoms with Crippen LogP contribution in [0.25, 0.3) is 10.9 Å². The molecular weight excluding hydrogens is 468 g/mol. The predicted molar refractivity (Wildman–Crippen MR) is 148 cm³/mol. The maximum atomic E-state index is 13.7. The van der Waals surface area contributed by atoms with E-state index in [1.54, 1.807) is 25.1 Å². The Balaban J connectivity index is 2.37. The number of carbonyl (C=O) groups is 3. The Kier molecular flexibility index (Phi) is 9.72. The van der Waals surface area contributed by atoms with Gasteiger partial charge in [0.2, 0.25) is 11.8 Å². The maximum Gasteiger partial charge on any atom is 0.331 e. The highest BCUT2D eigenvalue weighted by atomic mass is 16.4. The molecule has 0 radical (unpaired) electrons. The van der Waals surface area contributed by atoms with Crippen LogP contribution >= 0.6 is 0 Å². The minimum absolute atomic E-state index is 0.0119. The molecule has 0 saturated heterocycles. The number of hydrogen-bond donors (Lipinski definition) is 3. The molecule has 2 amide bonds. The molecule has 0 fully saturated rings. The molecule has 204 valence electrons. The molecule has 37 heavy (non-hydrogen) atoms. The van der Waals surface area contributed by atoms with Crippen LogP contribution in [0.5, 0.6) is 0 Å². The lowest BCUT2D eigenvalue weighted by Gasteiger charge is -2.37. The third kappa shape index (κ3) is 6.42. The first-order valence-corrected chi connectivity index (χ1v) is 12.9. The first kappa shape index (κ1) is 30.1. The standard InChI is InChI=1S/C29H44N4O4/c1-17(2)23(15-19(5)28(36)37)33(10)27(35)24(18(3)4)31-26(34)25(30-8)29(6,7)21-16-32(9)22-14-12-11-13-20(21)22/h11-18,23-25,30H,1-10H3,(H,31,34)(H,36,37)/t23-,24+,25-/m1/s1. The average Bonchev–Trinajstić information content (AvgIpc) is 3.17. The lowest BCUT2D eigenvalue weighted by molar-refractivity contribution is -0.139. The highest BCUT2D eigenvalue weighted by Gasteiger charge is 2.40. The van der Waals surface area contributed by atoms with Gasteiger partial charge in [0.1, 0.15) is 6.04 Å². The van der Waals surface area contributed by atoms with E-state index >= 15 is 0 Å². The molecule has 8 nitrogen and oxygen atoms in total. The third-order valence-electron chi connectivity index (χ3n) is 7.33. The van der Waals surface area contributed by atoms with Crippen LogP contribution in [-0.4, -0.2) is 64.6 Å². The fourth-order valence-corrected chi connectivity index (χ4v) is 5.03. The molecule has 0 aliphatic heterocycles. The van der Waals surface area contributed by atoms with Crippen molar-refractivity contribution in [2.24, 2.45) is 18.9 Å². The first-order valence-electron chi connectivity index (χ1n) is 12.9. The van der Waals surface area contributed by atoms with E-state index in [1.807, 2.05) is 60.7 Å². The third-order valence-corrected chi connectivity index (χ3v) is 7.33. The zero-order valence-electron chi connectivity index (χ0n) is 23.9. The van der Waals surface area contributed by atoms with Crippen LogP contribution in [0, 0.1) is 11.8 Å². The molecule has 0 spiro atoms. The number of rotatable bonds is 11. The highest BCUT2D eigenvalue weighted by molar-refractivity contribution is 5.93. The highest BCUT2D eigenvalue weighted by Crippen LogP contribution is 2.34. The average molecular weight is 513 g/mol. The van der Waals surface area contributed by atoms with Gasteiger partial charge in [-0.15, -0.1) is 0 Å². The molecular formula is C29H44N4O4. The number of carboxylic acids is 1. The van der Waals surface area contributed by atoms with Crippen molar-refractivity contribution in [3.63, 3.8) is 0 Å². The molecule has 1 aromatic heterocycles. The van der Waals surface area contributed by atoms with Gasteiger partial charge in [0.15, 0.2) is 0 Å². The lowest BCUT2D eigenvalue weighted by atomic mass is 9.77. The maximum absolute atomic E-state index is 13.7. The van der Waals surface area contributed by atoms with E-state index in [-0.39, 0.29) is 29.2 Å². The van der Waals surface area contributed by atoms with Gasteiger partial charge in [-0.1, -0.05) is 65.8 Å². The molecule has 0 unspecified atom stereocenters. The number of carbonyl (C=O) groups excluding carboxylic acids is 2. The Hall–Kier alpha value is -3.13. The summed E-state index contributed by atoms with van der Waals surface area (Å²) in [5.41, 5.74) is 1.72. The first-order chi connectivity index (χ1) is 17.1. The van der Waals surface area contributed by atoms with E-state index in [9.17, 15) is 19.5 Å². The number of nitrogens with one attached hydrogen (secondary N) is 2. The van der Waals surface area contributed by atoms with Gasteiger partial charge < -0.3 is 25.2 Å². The summed E-state index contributed by atoms with van der Waals surface area (Å²) in [6.07, 6.45) is 3.66. The molecule has 2 rings (SSSR count). The number of aliphatic carboxylic acids is 1. The summed E-state index contributed by atoms with van der Waals surface area (Å²) in [7, 11) is 5.41. The normalized spacial score (nSPS) is 15.1. The summed E-state index contributed by atoms with van der Waals surface area (Å²) in [4.78, 5) is 40.3. The molecule has 8 heteroatoms. The van der Waals surface area contributed by atoms with Gasteiger partial charge in [-0.05, 0) is 37.4 Å². The van der Waals surface area contributed by atoms with E-state index in [4.69, 9.17) is 0 Å². The summed E-state index contributed by atoms with van der Waals surface area (Å²) < 4.78 is 2.06. The SMILES string of the molecule is CN[C@H](C(=O)N[C@H](C(=O)N(C)[C@H](C=C(C)C(=O)O)C(C)C)C(C)C)C(C)(C)c1cn(C)c2ccccc12. The van der Waals surface area contributed by atoms with Gasteiger partial charge in [-0.25, -0.2) is 4.79 Å². The van der Waals surface area contributed by atoms with Crippen LogP contribution in [0.2, 0.25) is 0 Å². The second kappa shape index (κ2) is 11.9. The molecule has 1 heterocycles. The second-order valence-electron chi connectivity index (χ2n) is 11.2. The molecule has 0 aliphatic carbocycles. The van der Waals surface area contributed by atoms with Gasteiger partial charge in [0.05, 0.1) is 12.1 Å². The monoisotopic (exact) mass is 512 g/mol. The van der Waals surface area contributed by atoms with E-state index in [0.29, 0.717) is 0 Å². The van der Waals surface area contributed by atoms with Gasteiger partial charge in [-0.2, -0.15) is 0 Å². The van der Waals surface area contributed by atoms with Crippen molar-refractivity contribution >= 4 is 28.7 Å². The van der Waals surface area contributed by atoms with E-state index < -0.39 is 29.5 Å². The van der Waals surface area contributed by atoms with Gasteiger partial charge >= 0.3 is 5.97 Å². The summed E-state index contributed by atoms with van der Waals surface area (Å²) in [6.45, 7) is 13.2. The Morgan fingerprint density at radius 1 is 1.08 bits per heavy atom. The molecule has 0 aliphatic rings. The Morgan fingerprint density at radius 2 is 1.68 bits per heavy atom. The minimum Gasteiger partial charge on any atom is -0.478 e. The van der Waals surface area contributed by atoms with Crippen LogP contribution in [0.1, 0.15) is 54.0 Å². The van der Waals surface area contributed by atoms with Crippen molar-refractivity contribution in [3.05, 3.63) is 47.7 Å². The molecule has 2 aromatic rings. The lowest BCUT2D eigenvalue weighted by Crippen LogP contribution is -2.59. The Labute approximate surface area is 221 Å². The second-order valence-corrected chi connectivity index (χ2v) is 11.2. The number of fused-ring (bicyclic) bond motifs is 1. The van der Waals surface area contributed by atoms with Crippen LogP contribution in [0.3, 0.4) is 0 Å². The van der Waals surface area contributed by atoms with Crippen LogP contribution in [-0.2, 0) is 26.8 Å². The largest absolute Gasteiger partial charge is 0.478 e. The zero-order valence-corrected chi connectivity index (χ0v) is 23.9. The molecule has 0 bridgehead atoms. The van der Waals surface area contributed by atoms with Crippen molar-refractivity contribution in [3.8, 4) is 0 Å². The van der Waals surface area contributed by atoms with Crippen molar-refractivity contribution < 1.29 is 19.5 Å². The molecule has 0 saturated carbocycles. The summed E-state index contributed by atoms with van der Waals surface area (Å²) in [5, 5.41) is 16.6. The van der Waals surface area contributed by atoms with Crippen LogP contribution in [0.4, 0.5) is 0 Å². The fraction of sp³-hybridized carbons (Fsp3) is 0.552. The van der Waals surface area contributed by atoms with Gasteiger partial charge in [0.25, 0.3) is 0 Å². The molecule has 1 aromatic carbocycles. The Bertz CT molecular complexity index is 1160. The number of aryl methyl sites for hydroxylation is 1. The van der Waals surface area contributed by atoms with Crippen molar-refractivity contribution in [2.75, 3.05) is 14.1 Å². The number of hydrogen-bond acceptors (Lipinski definition) is 4. The zero-order chi connectivity index (χ0) is 28.2. The number of carboxylic acid groups (broad SMARTS) is 1. The number of nitrogens with zero attached hydrogens (tertiary/aromatic N) is 2. The fourth-order valence-electron chi connectivity index (χ4n) is 5.03. The number of para-hydroxylation sites is 1. The van der Waals surface area contributed by atoms with Gasteiger partial charge in [0, 0.05) is 42.2 Å². The van der Waals surface area contributed by atoms with Crippen LogP contribution in [0.15, 0.2) is 42.1 Å². The summed E-state index contributed by atoms with van der Waals surface area (Å²) in [6, 6.07) is 6.31. The van der Waals surface area contributed by atoms with Crippen molar-refractivity contribution in [1.29, 1.82) is 0 Å². The summed E-state index contributed by atoms with van der Waals surface area (Å²) in [5.74, 6) is -1.72. The van der Waals surface area contributed by atoms with E-state index in [1.165, 1.54) is 6.92 Å². The number of likely N-dealkylation sites (N-methyl/N-ethyl adjacent to an activating group) is 2. The topological polar surface area (TPSA) is 104 Å². The molecule has 3 atom stereocenters. The Morgan fingerprint density at radius 3 is 2.19 bits per heavy atom. The minimum atomic E-state index is -1.02. The van der Waals surface area contributed by atoms with E-state index in [2.05, 4.69) is 33.5 Å². The number of aromatic nitrogens is 1. The number of amides is 2. The van der Waals surface area contributed by atoms with Crippen molar-refractivity contribution in [1.82, 2.24) is 20.1 Å². The van der Waals surface area contributed by atoms with Crippen LogP contribution < -0.4 is 10.6 Å². The van der Waals surface area contributed by atoms with Gasteiger partial charge in [-0.3, -0.25) is 9.59 Å². The predicted octanol–water partition coefficient (Wildman–Crippen LogP) is 3.70. The van der Waals surface area contributed by atoms with Crippen molar-refractivity contribution in [2.45, 2.75) is 72.0 Å². The molecule has 3 N–H and O–H groups in total. The van der Waals surface area contributed by atoms with E-state index in [0.717, 1.165) is 16.5 Å². The number of benzene rings is 1. The quantitative estimate of drug-likeness (QED) is 0.399. The smallest absolute Gasteiger partial charge is 0.331 e.